The van der Waals surface area contributed by atoms with E-state index in [4.69, 9.17) is 17.3 Å². The van der Waals surface area contributed by atoms with Crippen LogP contribution in [0.3, 0.4) is 0 Å². The van der Waals surface area contributed by atoms with Crippen molar-refractivity contribution in [3.05, 3.63) is 76.6 Å². The van der Waals surface area contributed by atoms with Gasteiger partial charge in [-0.15, -0.1) is 0 Å². The van der Waals surface area contributed by atoms with E-state index in [9.17, 15) is 4.39 Å². The van der Waals surface area contributed by atoms with E-state index in [0.29, 0.717) is 17.9 Å². The molecule has 1 aliphatic rings. The lowest BCUT2D eigenvalue weighted by Gasteiger charge is -2.13. The van der Waals surface area contributed by atoms with Gasteiger partial charge in [0.15, 0.2) is 0 Å². The summed E-state index contributed by atoms with van der Waals surface area (Å²) < 4.78 is 17.9. The molecule has 1 aromatic heterocycles. The van der Waals surface area contributed by atoms with Crippen molar-refractivity contribution in [3.63, 3.8) is 0 Å². The summed E-state index contributed by atoms with van der Waals surface area (Å²) in [5.41, 5.74) is 2.01. The summed E-state index contributed by atoms with van der Waals surface area (Å²) in [6.07, 6.45) is 3.13. The third-order valence-electron chi connectivity index (χ3n) is 4.73. The molecular formula is C20H21FN4S. The fourth-order valence-electron chi connectivity index (χ4n) is 3.40. The van der Waals surface area contributed by atoms with E-state index in [1.165, 1.54) is 30.5 Å². The smallest absolute Gasteiger partial charge is 0.203 e. The number of likely N-dealkylation sites (tertiary alicyclic amines) is 1. The number of rotatable bonds is 5. The van der Waals surface area contributed by atoms with Gasteiger partial charge in [0.05, 0.1) is 6.67 Å². The molecule has 6 heteroatoms. The van der Waals surface area contributed by atoms with E-state index in [1.54, 1.807) is 12.1 Å². The number of hydrogen-bond acceptors (Lipinski definition) is 3. The molecule has 4 rings (SSSR count). The highest BCUT2D eigenvalue weighted by molar-refractivity contribution is 7.71. The van der Waals surface area contributed by atoms with Crippen molar-refractivity contribution >= 4 is 12.2 Å². The lowest BCUT2D eigenvalue weighted by molar-refractivity contribution is 0.252. The van der Waals surface area contributed by atoms with Crippen LogP contribution in [0.25, 0.3) is 5.69 Å². The number of hydrogen-bond donors (Lipinski definition) is 0. The number of nitrogens with zero attached hydrogens (tertiary/aromatic N) is 4. The lowest BCUT2D eigenvalue weighted by Crippen LogP contribution is -2.23. The molecule has 1 fully saturated rings. The molecule has 0 spiro atoms. The van der Waals surface area contributed by atoms with Gasteiger partial charge in [-0.2, -0.15) is 5.10 Å². The molecule has 0 N–H and O–H groups in total. The molecule has 4 nitrogen and oxygen atoms in total. The highest BCUT2D eigenvalue weighted by atomic mass is 32.1. The van der Waals surface area contributed by atoms with Crippen molar-refractivity contribution in [2.75, 3.05) is 13.1 Å². The van der Waals surface area contributed by atoms with E-state index >= 15 is 0 Å². The highest BCUT2D eigenvalue weighted by Gasteiger charge is 2.17. The van der Waals surface area contributed by atoms with Gasteiger partial charge in [-0.05, 0) is 68.0 Å². The summed E-state index contributed by atoms with van der Waals surface area (Å²) in [7, 11) is 0. The minimum Gasteiger partial charge on any atom is -0.284 e. The molecule has 1 aliphatic heterocycles. The maximum atomic E-state index is 13.4. The number of halogens is 1. The van der Waals surface area contributed by atoms with Crippen LogP contribution in [0.15, 0.2) is 54.6 Å². The molecule has 1 saturated heterocycles. The molecule has 0 bridgehead atoms. The van der Waals surface area contributed by atoms with E-state index < -0.39 is 0 Å². The summed E-state index contributed by atoms with van der Waals surface area (Å²) in [5.74, 6) is 0.612. The van der Waals surface area contributed by atoms with Gasteiger partial charge < -0.3 is 0 Å². The molecule has 0 atom stereocenters. The zero-order chi connectivity index (χ0) is 17.9. The molecule has 0 amide bonds. The summed E-state index contributed by atoms with van der Waals surface area (Å²) in [6.45, 7) is 2.87. The Bertz CT molecular complexity index is 925. The van der Waals surface area contributed by atoms with Gasteiger partial charge in [-0.1, -0.05) is 30.3 Å². The Balaban J connectivity index is 1.74. The van der Waals surface area contributed by atoms with Gasteiger partial charge in [0.25, 0.3) is 0 Å². The van der Waals surface area contributed by atoms with Gasteiger partial charge in [0.1, 0.15) is 11.6 Å². The second kappa shape index (κ2) is 7.51. The Kier molecular flexibility index (Phi) is 4.95. The first kappa shape index (κ1) is 17.1. The maximum Gasteiger partial charge on any atom is 0.203 e. The van der Waals surface area contributed by atoms with E-state index in [1.807, 2.05) is 27.4 Å². The van der Waals surface area contributed by atoms with Gasteiger partial charge in [-0.3, -0.25) is 9.47 Å². The molecule has 0 saturated carbocycles. The van der Waals surface area contributed by atoms with Gasteiger partial charge in [0, 0.05) is 12.1 Å². The topological polar surface area (TPSA) is 26.0 Å². The van der Waals surface area contributed by atoms with Crippen molar-refractivity contribution in [2.45, 2.75) is 25.9 Å². The van der Waals surface area contributed by atoms with Crippen molar-refractivity contribution in [1.29, 1.82) is 0 Å². The van der Waals surface area contributed by atoms with Crippen LogP contribution in [0.1, 0.15) is 24.2 Å². The second-order valence-corrected chi connectivity index (χ2v) is 7.00. The summed E-state index contributed by atoms with van der Waals surface area (Å²) in [5, 5.41) is 4.81. The number of aromatic nitrogens is 3. The zero-order valence-electron chi connectivity index (χ0n) is 14.5. The molecule has 2 heterocycles. The molecular weight excluding hydrogens is 347 g/mol. The largest absolute Gasteiger partial charge is 0.284 e. The fourth-order valence-corrected chi connectivity index (χ4v) is 3.71. The molecule has 0 radical (unpaired) electrons. The molecule has 134 valence electrons. The zero-order valence-corrected chi connectivity index (χ0v) is 15.3. The van der Waals surface area contributed by atoms with Gasteiger partial charge >= 0.3 is 0 Å². The van der Waals surface area contributed by atoms with Crippen LogP contribution < -0.4 is 0 Å². The average Bonchev–Trinajstić information content (AvgIpc) is 3.26. The van der Waals surface area contributed by atoms with Crippen molar-refractivity contribution in [2.24, 2.45) is 0 Å². The molecule has 0 aliphatic carbocycles. The quantitative estimate of drug-likeness (QED) is 0.632. The minimum atomic E-state index is -0.255. The van der Waals surface area contributed by atoms with E-state index in [2.05, 4.69) is 17.0 Å². The number of benzene rings is 2. The predicted octanol–water partition coefficient (Wildman–Crippen LogP) is 4.19. The van der Waals surface area contributed by atoms with Crippen molar-refractivity contribution in [3.8, 4) is 5.69 Å². The van der Waals surface area contributed by atoms with Crippen LogP contribution in [-0.2, 0) is 13.1 Å². The Hall–Kier alpha value is -2.31. The summed E-state index contributed by atoms with van der Waals surface area (Å²) in [4.78, 5) is 2.37. The summed E-state index contributed by atoms with van der Waals surface area (Å²) >= 11 is 5.72. The normalized spacial score (nSPS) is 14.8. The van der Waals surface area contributed by atoms with Gasteiger partial charge in [-0.25, -0.2) is 9.07 Å². The molecule has 26 heavy (non-hydrogen) atoms. The third kappa shape index (κ3) is 3.61. The summed E-state index contributed by atoms with van der Waals surface area (Å²) in [6, 6.07) is 16.6. The standard InChI is InChI=1S/C20H21FN4S/c21-17-8-10-18(11-9-17)25-19(14-16-6-2-1-3-7-16)22-24(20(25)26)15-23-12-4-5-13-23/h1-3,6-11H,4-5,12-15H2. The van der Waals surface area contributed by atoms with Crippen LogP contribution in [0.4, 0.5) is 4.39 Å². The van der Waals surface area contributed by atoms with E-state index in [-0.39, 0.29) is 5.82 Å². The van der Waals surface area contributed by atoms with Crippen molar-refractivity contribution < 1.29 is 4.39 Å². The average molecular weight is 368 g/mol. The van der Waals surface area contributed by atoms with Gasteiger partial charge in [0.2, 0.25) is 4.77 Å². The molecule has 2 aromatic carbocycles. The lowest BCUT2D eigenvalue weighted by atomic mass is 10.1. The van der Waals surface area contributed by atoms with Crippen LogP contribution in [0, 0.1) is 10.6 Å². The monoisotopic (exact) mass is 368 g/mol. The van der Waals surface area contributed by atoms with Crippen LogP contribution in [-0.4, -0.2) is 32.3 Å². The maximum absolute atomic E-state index is 13.4. The van der Waals surface area contributed by atoms with Crippen LogP contribution >= 0.6 is 12.2 Å². The first-order valence-corrected chi connectivity index (χ1v) is 9.32. The Labute approximate surface area is 157 Å². The van der Waals surface area contributed by atoms with Crippen LogP contribution in [0.2, 0.25) is 0 Å². The first-order chi connectivity index (χ1) is 12.7. The third-order valence-corrected chi connectivity index (χ3v) is 5.12. The predicted molar refractivity (Wildman–Crippen MR) is 102 cm³/mol. The molecule has 3 aromatic rings. The van der Waals surface area contributed by atoms with Crippen LogP contribution in [0.5, 0.6) is 0 Å². The second-order valence-electron chi connectivity index (χ2n) is 6.64. The Morgan fingerprint density at radius 1 is 0.962 bits per heavy atom. The Morgan fingerprint density at radius 3 is 2.35 bits per heavy atom. The first-order valence-electron chi connectivity index (χ1n) is 8.92. The fraction of sp³-hybridized carbons (Fsp3) is 0.300. The SMILES string of the molecule is Fc1ccc(-n2c(Cc3ccccc3)nn(CN3CCCC3)c2=S)cc1. The highest BCUT2D eigenvalue weighted by Crippen LogP contribution is 2.18. The minimum absolute atomic E-state index is 0.255. The van der Waals surface area contributed by atoms with Crippen molar-refractivity contribution in [1.82, 2.24) is 19.2 Å². The molecule has 0 unspecified atom stereocenters. The Morgan fingerprint density at radius 2 is 1.65 bits per heavy atom. The van der Waals surface area contributed by atoms with E-state index in [0.717, 1.165) is 24.6 Å².